The van der Waals surface area contributed by atoms with Crippen LogP contribution in [-0.2, 0) is 0 Å². The van der Waals surface area contributed by atoms with Crippen LogP contribution in [0.15, 0.2) is 11.6 Å². The predicted octanol–water partition coefficient (Wildman–Crippen LogP) is 0.307. The fraction of sp³-hybridized carbons (Fsp3) is 0.714. The fourth-order valence-electron chi connectivity index (χ4n) is 1.15. The van der Waals surface area contributed by atoms with Gasteiger partial charge in [0.05, 0.1) is 6.61 Å². The number of rotatable bonds is 2. The Morgan fingerprint density at radius 3 is 2.67 bits per heavy atom. The SMILES string of the molecule is OCC1=CC(CO)CC1. The van der Waals surface area contributed by atoms with E-state index in [-0.39, 0.29) is 13.2 Å². The summed E-state index contributed by atoms with van der Waals surface area (Å²) < 4.78 is 0. The molecule has 1 aliphatic rings. The average Bonchev–Trinajstić information content (AvgIpc) is 2.34. The molecule has 2 heteroatoms. The number of aliphatic hydroxyl groups is 2. The van der Waals surface area contributed by atoms with Gasteiger partial charge in [0.2, 0.25) is 0 Å². The van der Waals surface area contributed by atoms with Gasteiger partial charge in [-0.1, -0.05) is 6.08 Å². The molecule has 0 fully saturated rings. The molecule has 1 unspecified atom stereocenters. The molecule has 0 aromatic rings. The maximum absolute atomic E-state index is 8.65. The highest BCUT2D eigenvalue weighted by molar-refractivity contribution is 5.10. The van der Waals surface area contributed by atoms with Gasteiger partial charge in [0.25, 0.3) is 0 Å². The van der Waals surface area contributed by atoms with Crippen molar-refractivity contribution in [3.05, 3.63) is 11.6 Å². The van der Waals surface area contributed by atoms with E-state index in [1.807, 2.05) is 6.08 Å². The molecule has 0 aromatic heterocycles. The normalized spacial score (nSPS) is 26.4. The fourth-order valence-corrected chi connectivity index (χ4v) is 1.15. The van der Waals surface area contributed by atoms with Crippen molar-refractivity contribution >= 4 is 0 Å². The second-order valence-electron chi connectivity index (χ2n) is 2.46. The van der Waals surface area contributed by atoms with Gasteiger partial charge in [0.15, 0.2) is 0 Å². The van der Waals surface area contributed by atoms with E-state index in [1.54, 1.807) is 0 Å². The molecular weight excluding hydrogens is 116 g/mol. The zero-order valence-electron chi connectivity index (χ0n) is 5.38. The van der Waals surface area contributed by atoms with Crippen LogP contribution in [0.5, 0.6) is 0 Å². The van der Waals surface area contributed by atoms with E-state index in [0.29, 0.717) is 5.92 Å². The Bertz CT molecular complexity index is 118. The molecule has 2 nitrogen and oxygen atoms in total. The smallest absolute Gasteiger partial charge is 0.0641 e. The van der Waals surface area contributed by atoms with Crippen LogP contribution in [0.3, 0.4) is 0 Å². The van der Waals surface area contributed by atoms with Crippen molar-refractivity contribution in [3.8, 4) is 0 Å². The zero-order valence-corrected chi connectivity index (χ0v) is 5.38. The molecule has 1 rings (SSSR count). The van der Waals surface area contributed by atoms with Crippen molar-refractivity contribution in [1.29, 1.82) is 0 Å². The average molecular weight is 128 g/mol. The van der Waals surface area contributed by atoms with Crippen LogP contribution in [0, 0.1) is 5.92 Å². The Kier molecular flexibility index (Phi) is 2.25. The largest absolute Gasteiger partial charge is 0.396 e. The third-order valence-electron chi connectivity index (χ3n) is 1.75. The molecule has 1 atom stereocenters. The monoisotopic (exact) mass is 128 g/mol. The second-order valence-corrected chi connectivity index (χ2v) is 2.46. The van der Waals surface area contributed by atoms with Crippen molar-refractivity contribution in [3.63, 3.8) is 0 Å². The summed E-state index contributed by atoms with van der Waals surface area (Å²) in [6, 6.07) is 0. The maximum atomic E-state index is 8.65. The highest BCUT2D eigenvalue weighted by atomic mass is 16.3. The van der Waals surface area contributed by atoms with E-state index in [1.165, 1.54) is 0 Å². The van der Waals surface area contributed by atoms with Crippen LogP contribution in [0.2, 0.25) is 0 Å². The molecule has 0 spiro atoms. The molecule has 1 aliphatic carbocycles. The lowest BCUT2D eigenvalue weighted by Gasteiger charge is -1.96. The first kappa shape index (κ1) is 6.78. The molecule has 0 amide bonds. The molecule has 0 bridgehead atoms. The van der Waals surface area contributed by atoms with Gasteiger partial charge in [-0.15, -0.1) is 0 Å². The van der Waals surface area contributed by atoms with Crippen molar-refractivity contribution in [2.24, 2.45) is 5.92 Å². The second kappa shape index (κ2) is 2.99. The minimum absolute atomic E-state index is 0.163. The van der Waals surface area contributed by atoms with E-state index in [9.17, 15) is 0 Å². The van der Waals surface area contributed by atoms with Crippen LogP contribution in [0.4, 0.5) is 0 Å². The molecule has 2 N–H and O–H groups in total. The molecule has 52 valence electrons. The number of aliphatic hydroxyl groups excluding tert-OH is 2. The summed E-state index contributed by atoms with van der Waals surface area (Å²) in [7, 11) is 0. The summed E-state index contributed by atoms with van der Waals surface area (Å²) >= 11 is 0. The van der Waals surface area contributed by atoms with Gasteiger partial charge in [-0.2, -0.15) is 0 Å². The van der Waals surface area contributed by atoms with Crippen molar-refractivity contribution in [2.45, 2.75) is 12.8 Å². The molecule has 9 heavy (non-hydrogen) atoms. The quantitative estimate of drug-likeness (QED) is 0.525. The summed E-state index contributed by atoms with van der Waals surface area (Å²) in [6.07, 6.45) is 3.94. The first-order valence-corrected chi connectivity index (χ1v) is 3.28. The van der Waals surface area contributed by atoms with Gasteiger partial charge < -0.3 is 10.2 Å². The predicted molar refractivity (Wildman–Crippen MR) is 35.0 cm³/mol. The lowest BCUT2D eigenvalue weighted by atomic mass is 10.1. The summed E-state index contributed by atoms with van der Waals surface area (Å²) in [5.41, 5.74) is 1.08. The van der Waals surface area contributed by atoms with Crippen molar-refractivity contribution in [1.82, 2.24) is 0 Å². The third-order valence-corrected chi connectivity index (χ3v) is 1.75. The van der Waals surface area contributed by atoms with Gasteiger partial charge in [-0.3, -0.25) is 0 Å². The van der Waals surface area contributed by atoms with Gasteiger partial charge in [0.1, 0.15) is 0 Å². The molecule has 0 saturated carbocycles. The minimum atomic E-state index is 0.163. The Balaban J connectivity index is 2.40. The molecule has 0 saturated heterocycles. The van der Waals surface area contributed by atoms with Crippen LogP contribution in [0.25, 0.3) is 0 Å². The Hall–Kier alpha value is -0.340. The van der Waals surface area contributed by atoms with Crippen molar-refractivity contribution < 1.29 is 10.2 Å². The lowest BCUT2D eigenvalue weighted by molar-refractivity contribution is 0.251. The maximum Gasteiger partial charge on any atom is 0.0641 e. The van der Waals surface area contributed by atoms with E-state index < -0.39 is 0 Å². The molecular formula is C7H12O2. The Morgan fingerprint density at radius 1 is 1.56 bits per heavy atom. The Labute approximate surface area is 54.8 Å². The standard InChI is InChI=1S/C7H12O2/c8-4-6-1-2-7(3-6)5-9/h3,6,8-9H,1-2,4-5H2. The molecule has 0 heterocycles. The van der Waals surface area contributed by atoms with Crippen molar-refractivity contribution in [2.75, 3.05) is 13.2 Å². The first-order valence-electron chi connectivity index (χ1n) is 3.28. The van der Waals surface area contributed by atoms with Gasteiger partial charge >= 0.3 is 0 Å². The number of hydrogen-bond acceptors (Lipinski definition) is 2. The Morgan fingerprint density at radius 2 is 2.33 bits per heavy atom. The van der Waals surface area contributed by atoms with E-state index in [0.717, 1.165) is 18.4 Å². The molecule has 0 aromatic carbocycles. The lowest BCUT2D eigenvalue weighted by Crippen LogP contribution is -1.96. The van der Waals surface area contributed by atoms with Crippen LogP contribution >= 0.6 is 0 Å². The first-order chi connectivity index (χ1) is 4.36. The van der Waals surface area contributed by atoms with Gasteiger partial charge in [0, 0.05) is 12.5 Å². The van der Waals surface area contributed by atoms with E-state index >= 15 is 0 Å². The minimum Gasteiger partial charge on any atom is -0.396 e. The van der Waals surface area contributed by atoms with Crippen LogP contribution in [-0.4, -0.2) is 23.4 Å². The van der Waals surface area contributed by atoms with E-state index in [4.69, 9.17) is 10.2 Å². The topological polar surface area (TPSA) is 40.5 Å². The summed E-state index contributed by atoms with van der Waals surface area (Å²) in [4.78, 5) is 0. The zero-order chi connectivity index (χ0) is 6.69. The highest BCUT2D eigenvalue weighted by Crippen LogP contribution is 2.22. The highest BCUT2D eigenvalue weighted by Gasteiger charge is 2.12. The van der Waals surface area contributed by atoms with Crippen LogP contribution < -0.4 is 0 Å². The summed E-state index contributed by atoms with van der Waals surface area (Å²) in [5.74, 6) is 0.312. The molecule has 0 radical (unpaired) electrons. The summed E-state index contributed by atoms with van der Waals surface area (Å²) in [5, 5.41) is 17.3. The third kappa shape index (κ3) is 1.53. The van der Waals surface area contributed by atoms with Gasteiger partial charge in [-0.25, -0.2) is 0 Å². The van der Waals surface area contributed by atoms with E-state index in [2.05, 4.69) is 0 Å². The molecule has 0 aliphatic heterocycles. The summed E-state index contributed by atoms with van der Waals surface area (Å²) in [6.45, 7) is 0.389. The van der Waals surface area contributed by atoms with Crippen LogP contribution in [0.1, 0.15) is 12.8 Å². The van der Waals surface area contributed by atoms with Gasteiger partial charge in [-0.05, 0) is 18.4 Å². The number of hydrogen-bond donors (Lipinski definition) is 2.